The fourth-order valence-electron chi connectivity index (χ4n) is 2.85. The van der Waals surface area contributed by atoms with Gasteiger partial charge in [-0.2, -0.15) is 0 Å². The van der Waals surface area contributed by atoms with E-state index in [1.165, 1.54) is 11.3 Å². The Morgan fingerprint density at radius 1 is 1.53 bits per heavy atom. The molecule has 19 heavy (non-hydrogen) atoms. The van der Waals surface area contributed by atoms with E-state index in [9.17, 15) is 4.79 Å². The summed E-state index contributed by atoms with van der Waals surface area (Å²) in [6, 6.07) is 5.85. The van der Waals surface area contributed by atoms with Crippen LogP contribution in [-0.2, 0) is 22.4 Å². The van der Waals surface area contributed by atoms with Crippen LogP contribution < -0.4 is 0 Å². The van der Waals surface area contributed by atoms with E-state index in [0.29, 0.717) is 6.61 Å². The van der Waals surface area contributed by atoms with Gasteiger partial charge in [0.05, 0.1) is 12.5 Å². The van der Waals surface area contributed by atoms with E-state index in [-0.39, 0.29) is 11.9 Å². The van der Waals surface area contributed by atoms with Crippen LogP contribution in [-0.4, -0.2) is 17.6 Å². The van der Waals surface area contributed by atoms with Crippen LogP contribution in [0.2, 0.25) is 5.02 Å². The summed E-state index contributed by atoms with van der Waals surface area (Å²) in [5, 5.41) is 1.86. The molecule has 4 heteroatoms. The molecule has 0 amide bonds. The number of fused-ring (bicyclic) bond motifs is 3. The lowest BCUT2D eigenvalue weighted by atomic mass is 9.86. The molecule has 1 aromatic heterocycles. The van der Waals surface area contributed by atoms with Crippen LogP contribution in [0.15, 0.2) is 18.2 Å². The molecule has 1 heterocycles. The average molecular weight is 278 g/mol. The first-order chi connectivity index (χ1) is 9.19. The number of rotatable bonds is 2. The highest BCUT2D eigenvalue weighted by Crippen LogP contribution is 2.33. The van der Waals surface area contributed by atoms with Crippen molar-refractivity contribution < 1.29 is 9.53 Å². The summed E-state index contributed by atoms with van der Waals surface area (Å²) in [5.74, 6) is -0.102. The summed E-state index contributed by atoms with van der Waals surface area (Å²) in [6.07, 6.45) is 2.49. The maximum Gasteiger partial charge on any atom is 0.309 e. The minimum absolute atomic E-state index is 0.0227. The number of esters is 1. The van der Waals surface area contributed by atoms with E-state index in [1.54, 1.807) is 0 Å². The van der Waals surface area contributed by atoms with Gasteiger partial charge in [-0.05, 0) is 49.9 Å². The van der Waals surface area contributed by atoms with Crippen LogP contribution in [0.1, 0.15) is 24.6 Å². The third-order valence-corrected chi connectivity index (χ3v) is 4.00. The van der Waals surface area contributed by atoms with E-state index in [4.69, 9.17) is 16.3 Å². The van der Waals surface area contributed by atoms with E-state index in [0.717, 1.165) is 35.2 Å². The molecule has 1 N–H and O–H groups in total. The van der Waals surface area contributed by atoms with Crippen molar-refractivity contribution in [3.8, 4) is 0 Å². The second kappa shape index (κ2) is 4.89. The number of benzene rings is 1. The van der Waals surface area contributed by atoms with E-state index < -0.39 is 0 Å². The molecule has 0 radical (unpaired) electrons. The number of H-pyrrole nitrogens is 1. The molecule has 1 aliphatic rings. The van der Waals surface area contributed by atoms with Crippen LogP contribution in [0.3, 0.4) is 0 Å². The van der Waals surface area contributed by atoms with Gasteiger partial charge in [0.15, 0.2) is 0 Å². The normalized spacial score (nSPS) is 18.3. The molecule has 0 saturated heterocycles. The molecule has 0 unspecified atom stereocenters. The quantitative estimate of drug-likeness (QED) is 0.854. The number of carbonyl (C=O) groups excluding carboxylic acids is 1. The molecule has 100 valence electrons. The molecular formula is C15H16ClNO2. The number of hydrogen-bond donors (Lipinski definition) is 1. The SMILES string of the molecule is CCOC(=O)[C@@H]1CCc2[nH]c3ccc(Cl)cc3c2C1. The van der Waals surface area contributed by atoms with Gasteiger partial charge in [-0.15, -0.1) is 0 Å². The first-order valence-corrected chi connectivity index (χ1v) is 7.02. The van der Waals surface area contributed by atoms with Crippen molar-refractivity contribution in [1.82, 2.24) is 4.98 Å². The highest BCUT2D eigenvalue weighted by atomic mass is 35.5. The third kappa shape index (κ3) is 2.23. The van der Waals surface area contributed by atoms with Gasteiger partial charge >= 0.3 is 5.97 Å². The zero-order valence-electron chi connectivity index (χ0n) is 10.8. The van der Waals surface area contributed by atoms with Crippen LogP contribution in [0.4, 0.5) is 0 Å². The minimum atomic E-state index is -0.0791. The second-order valence-electron chi connectivity index (χ2n) is 4.96. The predicted octanol–water partition coefficient (Wildman–Crippen LogP) is 3.49. The Hall–Kier alpha value is -1.48. The molecule has 0 spiro atoms. The largest absolute Gasteiger partial charge is 0.466 e. The van der Waals surface area contributed by atoms with Crippen molar-refractivity contribution in [2.24, 2.45) is 5.92 Å². The highest BCUT2D eigenvalue weighted by Gasteiger charge is 2.28. The lowest BCUT2D eigenvalue weighted by Gasteiger charge is -2.20. The van der Waals surface area contributed by atoms with Crippen molar-refractivity contribution in [3.63, 3.8) is 0 Å². The van der Waals surface area contributed by atoms with Crippen molar-refractivity contribution >= 4 is 28.5 Å². The summed E-state index contributed by atoms with van der Waals surface area (Å²) in [7, 11) is 0. The lowest BCUT2D eigenvalue weighted by molar-refractivity contribution is -0.148. The van der Waals surface area contributed by atoms with Gasteiger partial charge < -0.3 is 9.72 Å². The minimum Gasteiger partial charge on any atom is -0.466 e. The lowest BCUT2D eigenvalue weighted by Crippen LogP contribution is -2.24. The number of aromatic nitrogens is 1. The predicted molar refractivity (Wildman–Crippen MR) is 75.5 cm³/mol. The molecule has 0 bridgehead atoms. The summed E-state index contributed by atoms with van der Waals surface area (Å²) in [4.78, 5) is 15.3. The first kappa shape index (κ1) is 12.5. The molecule has 0 saturated carbocycles. The Balaban J connectivity index is 1.97. The zero-order chi connectivity index (χ0) is 13.4. The smallest absolute Gasteiger partial charge is 0.309 e. The van der Waals surface area contributed by atoms with Gasteiger partial charge in [-0.25, -0.2) is 0 Å². The number of aryl methyl sites for hydroxylation is 1. The van der Waals surface area contributed by atoms with Gasteiger partial charge in [-0.1, -0.05) is 11.6 Å². The van der Waals surface area contributed by atoms with Crippen molar-refractivity contribution in [2.75, 3.05) is 6.61 Å². The fraction of sp³-hybridized carbons (Fsp3) is 0.400. The fourth-order valence-corrected chi connectivity index (χ4v) is 3.02. The molecule has 1 aliphatic carbocycles. The Bertz CT molecular complexity index is 632. The maximum absolute atomic E-state index is 11.9. The van der Waals surface area contributed by atoms with E-state index in [1.807, 2.05) is 25.1 Å². The number of halogens is 1. The molecule has 1 atom stereocenters. The summed E-state index contributed by atoms with van der Waals surface area (Å²) in [6.45, 7) is 2.29. The first-order valence-electron chi connectivity index (χ1n) is 6.64. The molecule has 0 fully saturated rings. The summed E-state index contributed by atoms with van der Waals surface area (Å²) in [5.41, 5.74) is 3.55. The molecule has 0 aliphatic heterocycles. The van der Waals surface area contributed by atoms with Crippen molar-refractivity contribution in [2.45, 2.75) is 26.2 Å². The third-order valence-electron chi connectivity index (χ3n) is 3.77. The van der Waals surface area contributed by atoms with Crippen molar-refractivity contribution in [3.05, 3.63) is 34.5 Å². The molecular weight excluding hydrogens is 262 g/mol. The molecule has 3 nitrogen and oxygen atoms in total. The van der Waals surface area contributed by atoms with Crippen molar-refractivity contribution in [1.29, 1.82) is 0 Å². The summed E-state index contributed by atoms with van der Waals surface area (Å²) < 4.78 is 5.13. The Morgan fingerprint density at radius 2 is 2.37 bits per heavy atom. The highest BCUT2D eigenvalue weighted by molar-refractivity contribution is 6.31. The summed E-state index contributed by atoms with van der Waals surface area (Å²) >= 11 is 6.06. The van der Waals surface area contributed by atoms with Crippen LogP contribution in [0.25, 0.3) is 10.9 Å². The number of carbonyl (C=O) groups is 1. The molecule has 1 aromatic carbocycles. The van der Waals surface area contributed by atoms with Crippen LogP contribution in [0, 0.1) is 5.92 Å². The van der Waals surface area contributed by atoms with E-state index >= 15 is 0 Å². The Labute approximate surface area is 116 Å². The van der Waals surface area contributed by atoms with Crippen LogP contribution in [0.5, 0.6) is 0 Å². The number of ether oxygens (including phenoxy) is 1. The zero-order valence-corrected chi connectivity index (χ0v) is 11.6. The monoisotopic (exact) mass is 277 g/mol. The topological polar surface area (TPSA) is 42.1 Å². The van der Waals surface area contributed by atoms with Gasteiger partial charge in [0, 0.05) is 21.6 Å². The van der Waals surface area contributed by atoms with Gasteiger partial charge in [0.2, 0.25) is 0 Å². The Morgan fingerprint density at radius 3 is 3.16 bits per heavy atom. The molecule has 2 aromatic rings. The number of hydrogen-bond acceptors (Lipinski definition) is 2. The van der Waals surface area contributed by atoms with Gasteiger partial charge in [0.25, 0.3) is 0 Å². The van der Waals surface area contributed by atoms with Crippen LogP contribution >= 0.6 is 11.6 Å². The standard InChI is InChI=1S/C15H16ClNO2/c1-2-19-15(18)9-3-5-13-11(7-9)12-8-10(16)4-6-14(12)17-13/h4,6,8-9,17H,2-3,5,7H2,1H3/t9-/m1/s1. The maximum atomic E-state index is 11.9. The second-order valence-corrected chi connectivity index (χ2v) is 5.40. The Kier molecular flexibility index (Phi) is 3.23. The van der Waals surface area contributed by atoms with Gasteiger partial charge in [-0.3, -0.25) is 4.79 Å². The average Bonchev–Trinajstić information content (AvgIpc) is 2.76. The van der Waals surface area contributed by atoms with Gasteiger partial charge in [0.1, 0.15) is 0 Å². The number of aromatic amines is 1. The number of nitrogens with one attached hydrogen (secondary N) is 1. The molecule has 3 rings (SSSR count). The van der Waals surface area contributed by atoms with E-state index in [2.05, 4.69) is 4.98 Å².